The van der Waals surface area contributed by atoms with E-state index in [2.05, 4.69) is 4.74 Å². The first-order chi connectivity index (χ1) is 10.2. The molecule has 0 saturated carbocycles. The molecular weight excluding hydrogens is 268 g/mol. The van der Waals surface area contributed by atoms with Crippen molar-refractivity contribution in [3.8, 4) is 11.5 Å². The predicted octanol–water partition coefficient (Wildman–Crippen LogP) is 2.73. The van der Waals surface area contributed by atoms with E-state index in [1.807, 2.05) is 30.3 Å². The summed E-state index contributed by atoms with van der Waals surface area (Å²) in [6, 6.07) is 13.1. The molecule has 2 aromatic rings. The zero-order valence-electron chi connectivity index (χ0n) is 11.7. The topological polar surface area (TPSA) is 55.8 Å². The molecule has 1 N–H and O–H groups in total. The summed E-state index contributed by atoms with van der Waals surface area (Å²) in [7, 11) is 1.31. The highest BCUT2D eigenvalue weighted by Gasteiger charge is 2.27. The summed E-state index contributed by atoms with van der Waals surface area (Å²) in [6.45, 7) is 0. The lowest BCUT2D eigenvalue weighted by atomic mass is 10.0. The number of carbonyl (C=O) groups excluding carboxylic acids is 1. The van der Waals surface area contributed by atoms with Crippen LogP contribution >= 0.6 is 0 Å². The van der Waals surface area contributed by atoms with Crippen molar-refractivity contribution in [1.82, 2.24) is 0 Å². The summed E-state index contributed by atoms with van der Waals surface area (Å²) in [5.41, 5.74) is 2.24. The number of ether oxygens (including phenoxy) is 2. The molecule has 108 valence electrons. The number of aromatic hydroxyl groups is 1. The molecule has 21 heavy (non-hydrogen) atoms. The van der Waals surface area contributed by atoms with Crippen LogP contribution in [0.5, 0.6) is 11.5 Å². The standard InChI is InChI=1S/C17H16O4/c1-20-17(19)12-8-15(18)14-10-13(21-16(14)9-12)7-11-5-3-2-4-6-11/h2-6,8-9,13,18H,7,10H2,1H3. The van der Waals surface area contributed by atoms with Crippen LogP contribution in [0.2, 0.25) is 0 Å². The Morgan fingerprint density at radius 3 is 2.81 bits per heavy atom. The van der Waals surface area contributed by atoms with Gasteiger partial charge in [-0.1, -0.05) is 30.3 Å². The molecule has 0 saturated heterocycles. The highest BCUT2D eigenvalue weighted by Crippen LogP contribution is 2.37. The maximum absolute atomic E-state index is 11.5. The number of rotatable bonds is 3. The lowest BCUT2D eigenvalue weighted by Gasteiger charge is -2.10. The van der Waals surface area contributed by atoms with Crippen molar-refractivity contribution in [2.45, 2.75) is 18.9 Å². The molecule has 0 amide bonds. The smallest absolute Gasteiger partial charge is 0.338 e. The Hall–Kier alpha value is -2.49. The van der Waals surface area contributed by atoms with Crippen molar-refractivity contribution < 1.29 is 19.4 Å². The van der Waals surface area contributed by atoms with Crippen molar-refractivity contribution in [3.05, 3.63) is 59.2 Å². The Labute approximate surface area is 122 Å². The highest BCUT2D eigenvalue weighted by atomic mass is 16.5. The molecule has 0 aromatic heterocycles. The third-order valence-electron chi connectivity index (χ3n) is 3.64. The number of benzene rings is 2. The van der Waals surface area contributed by atoms with E-state index in [4.69, 9.17) is 4.74 Å². The molecule has 3 rings (SSSR count). The van der Waals surface area contributed by atoms with Crippen LogP contribution in [-0.4, -0.2) is 24.3 Å². The molecule has 0 radical (unpaired) electrons. The summed E-state index contributed by atoms with van der Waals surface area (Å²) in [4.78, 5) is 11.5. The minimum Gasteiger partial charge on any atom is -0.508 e. The Bertz CT molecular complexity index is 664. The van der Waals surface area contributed by atoms with Gasteiger partial charge in [-0.2, -0.15) is 0 Å². The number of hydrogen-bond donors (Lipinski definition) is 1. The summed E-state index contributed by atoms with van der Waals surface area (Å²) >= 11 is 0. The van der Waals surface area contributed by atoms with E-state index in [0.717, 1.165) is 12.0 Å². The van der Waals surface area contributed by atoms with Crippen LogP contribution in [-0.2, 0) is 17.6 Å². The summed E-state index contributed by atoms with van der Waals surface area (Å²) in [5.74, 6) is 0.169. The van der Waals surface area contributed by atoms with Crippen molar-refractivity contribution in [3.63, 3.8) is 0 Å². The molecule has 1 heterocycles. The predicted molar refractivity (Wildman–Crippen MR) is 77.7 cm³/mol. The van der Waals surface area contributed by atoms with Gasteiger partial charge in [-0.05, 0) is 17.7 Å². The van der Waals surface area contributed by atoms with Gasteiger partial charge in [-0.3, -0.25) is 0 Å². The summed E-state index contributed by atoms with van der Waals surface area (Å²) in [6.07, 6.45) is 1.38. The van der Waals surface area contributed by atoms with Gasteiger partial charge in [0.2, 0.25) is 0 Å². The molecule has 1 aliphatic rings. The molecule has 1 atom stereocenters. The number of esters is 1. The Morgan fingerprint density at radius 2 is 2.10 bits per heavy atom. The first-order valence-corrected chi connectivity index (χ1v) is 6.82. The molecule has 1 aliphatic heterocycles. The van der Waals surface area contributed by atoms with Crippen molar-refractivity contribution in [2.75, 3.05) is 7.11 Å². The van der Waals surface area contributed by atoms with Crippen LogP contribution in [0.25, 0.3) is 0 Å². The highest BCUT2D eigenvalue weighted by molar-refractivity contribution is 5.90. The van der Waals surface area contributed by atoms with Crippen molar-refractivity contribution in [2.24, 2.45) is 0 Å². The molecule has 0 aliphatic carbocycles. The van der Waals surface area contributed by atoms with E-state index in [1.165, 1.54) is 18.7 Å². The fourth-order valence-electron chi connectivity index (χ4n) is 2.62. The fourth-order valence-corrected chi connectivity index (χ4v) is 2.62. The molecule has 0 fully saturated rings. The first-order valence-electron chi connectivity index (χ1n) is 6.82. The average Bonchev–Trinajstić information content (AvgIpc) is 2.90. The maximum atomic E-state index is 11.5. The van der Waals surface area contributed by atoms with E-state index in [0.29, 0.717) is 17.7 Å². The van der Waals surface area contributed by atoms with Gasteiger partial charge in [0.05, 0.1) is 12.7 Å². The van der Waals surface area contributed by atoms with E-state index < -0.39 is 5.97 Å². The van der Waals surface area contributed by atoms with Gasteiger partial charge < -0.3 is 14.6 Å². The third-order valence-corrected chi connectivity index (χ3v) is 3.64. The van der Waals surface area contributed by atoms with Crippen molar-refractivity contribution in [1.29, 1.82) is 0 Å². The van der Waals surface area contributed by atoms with Crippen LogP contribution in [0.15, 0.2) is 42.5 Å². The SMILES string of the molecule is COC(=O)c1cc(O)c2c(c1)OC(Cc1ccccc1)C2. The van der Waals surface area contributed by atoms with Gasteiger partial charge in [0.25, 0.3) is 0 Å². The number of fused-ring (bicyclic) bond motifs is 1. The number of hydrogen-bond acceptors (Lipinski definition) is 4. The quantitative estimate of drug-likeness (QED) is 0.880. The fraction of sp³-hybridized carbons (Fsp3) is 0.235. The van der Waals surface area contributed by atoms with Crippen molar-refractivity contribution >= 4 is 5.97 Å². The Balaban J connectivity index is 1.81. The number of methoxy groups -OCH3 is 1. The number of carbonyl (C=O) groups is 1. The number of phenolic OH excluding ortho intramolecular Hbond substituents is 1. The second-order valence-electron chi connectivity index (χ2n) is 5.10. The summed E-state index contributed by atoms with van der Waals surface area (Å²) < 4.78 is 10.5. The van der Waals surface area contributed by atoms with E-state index in [-0.39, 0.29) is 11.9 Å². The van der Waals surface area contributed by atoms with Gasteiger partial charge in [0.15, 0.2) is 0 Å². The van der Waals surface area contributed by atoms with Gasteiger partial charge in [-0.25, -0.2) is 4.79 Å². The Morgan fingerprint density at radius 1 is 1.33 bits per heavy atom. The molecule has 4 nitrogen and oxygen atoms in total. The lowest BCUT2D eigenvalue weighted by molar-refractivity contribution is 0.0599. The van der Waals surface area contributed by atoms with Crippen LogP contribution in [0.4, 0.5) is 0 Å². The molecule has 2 aromatic carbocycles. The minimum atomic E-state index is -0.483. The maximum Gasteiger partial charge on any atom is 0.338 e. The van der Waals surface area contributed by atoms with E-state index in [1.54, 1.807) is 6.07 Å². The van der Waals surface area contributed by atoms with Crippen LogP contribution in [0.3, 0.4) is 0 Å². The van der Waals surface area contributed by atoms with Crippen LogP contribution in [0.1, 0.15) is 21.5 Å². The summed E-state index contributed by atoms with van der Waals surface area (Å²) in [5, 5.41) is 10.1. The van der Waals surface area contributed by atoms with Gasteiger partial charge >= 0.3 is 5.97 Å². The van der Waals surface area contributed by atoms with Crippen LogP contribution in [0, 0.1) is 0 Å². The number of phenols is 1. The Kier molecular flexibility index (Phi) is 3.52. The zero-order valence-corrected chi connectivity index (χ0v) is 11.7. The first kappa shape index (κ1) is 13.5. The normalized spacial score (nSPS) is 16.1. The van der Waals surface area contributed by atoms with E-state index >= 15 is 0 Å². The molecule has 0 spiro atoms. The molecular formula is C17H16O4. The second kappa shape index (κ2) is 5.48. The zero-order chi connectivity index (χ0) is 14.8. The molecule has 4 heteroatoms. The second-order valence-corrected chi connectivity index (χ2v) is 5.10. The minimum absolute atomic E-state index is 0.0267. The molecule has 1 unspecified atom stereocenters. The molecule has 0 bridgehead atoms. The van der Waals surface area contributed by atoms with Crippen LogP contribution < -0.4 is 4.74 Å². The average molecular weight is 284 g/mol. The van der Waals surface area contributed by atoms with Gasteiger partial charge in [0, 0.05) is 18.4 Å². The van der Waals surface area contributed by atoms with Gasteiger partial charge in [-0.15, -0.1) is 0 Å². The van der Waals surface area contributed by atoms with Gasteiger partial charge in [0.1, 0.15) is 17.6 Å². The largest absolute Gasteiger partial charge is 0.508 e. The van der Waals surface area contributed by atoms with E-state index in [9.17, 15) is 9.90 Å². The lowest BCUT2D eigenvalue weighted by Crippen LogP contribution is -2.16. The third kappa shape index (κ3) is 2.70. The monoisotopic (exact) mass is 284 g/mol.